The summed E-state index contributed by atoms with van der Waals surface area (Å²) >= 11 is 0. The molecule has 0 saturated heterocycles. The number of hydrogen-bond donors (Lipinski definition) is 6. The van der Waals surface area contributed by atoms with Crippen LogP contribution >= 0.6 is 0 Å². The Morgan fingerprint density at radius 2 is 1.76 bits per heavy atom. The number of hydrogen-bond acceptors (Lipinski definition) is 7. The van der Waals surface area contributed by atoms with Crippen molar-refractivity contribution in [2.75, 3.05) is 0 Å². The van der Waals surface area contributed by atoms with E-state index in [2.05, 4.69) is 0 Å². The maximum Gasteiger partial charge on any atom is 0.159 e. The minimum atomic E-state index is -1.28. The van der Waals surface area contributed by atoms with Gasteiger partial charge < -0.3 is 30.6 Å². The van der Waals surface area contributed by atoms with Gasteiger partial charge in [0.05, 0.1) is 35.6 Å². The van der Waals surface area contributed by atoms with Crippen LogP contribution in [0.3, 0.4) is 0 Å². The van der Waals surface area contributed by atoms with Crippen molar-refractivity contribution in [2.45, 2.75) is 115 Å². The highest BCUT2D eigenvalue weighted by molar-refractivity contribution is 5.95. The lowest BCUT2D eigenvalue weighted by Crippen LogP contribution is -2.64. The van der Waals surface area contributed by atoms with E-state index in [1.54, 1.807) is 13.8 Å². The molecule has 194 valence electrons. The van der Waals surface area contributed by atoms with Crippen LogP contribution in [-0.2, 0) is 4.79 Å². The number of allylic oxidation sites excluding steroid dienone is 1. The van der Waals surface area contributed by atoms with Gasteiger partial charge in [0.25, 0.3) is 0 Å². The second-order valence-electron chi connectivity index (χ2n) is 13.1. The van der Waals surface area contributed by atoms with Crippen LogP contribution in [-0.4, -0.2) is 72.0 Å². The number of aliphatic hydroxyl groups excluding tert-OH is 4. The van der Waals surface area contributed by atoms with Crippen molar-refractivity contribution < 1.29 is 35.4 Å². The first kappa shape index (κ1) is 26.2. The molecule has 0 heterocycles. The predicted octanol–water partition coefficient (Wildman–Crippen LogP) is 1.71. The van der Waals surface area contributed by atoms with Crippen molar-refractivity contribution in [3.63, 3.8) is 0 Å². The molecular weight excluding hydrogens is 436 g/mol. The summed E-state index contributed by atoms with van der Waals surface area (Å²) in [4.78, 5) is 13.3. The van der Waals surface area contributed by atoms with Gasteiger partial charge in [-0.25, -0.2) is 0 Å². The van der Waals surface area contributed by atoms with Crippen LogP contribution in [0, 0.1) is 34.5 Å². The first-order chi connectivity index (χ1) is 15.5. The fourth-order valence-electron chi connectivity index (χ4n) is 8.40. The van der Waals surface area contributed by atoms with E-state index in [1.807, 2.05) is 20.8 Å². The van der Waals surface area contributed by atoms with Crippen molar-refractivity contribution in [2.24, 2.45) is 34.5 Å². The summed E-state index contributed by atoms with van der Waals surface area (Å²) < 4.78 is 0. The number of fused-ring (bicyclic) bond motifs is 5. The molecule has 0 unspecified atom stereocenters. The summed E-state index contributed by atoms with van der Waals surface area (Å²) in [7, 11) is 0. The third-order valence-electron chi connectivity index (χ3n) is 10.4. The molecule has 7 heteroatoms. The molecule has 0 aromatic carbocycles. The molecule has 6 N–H and O–H groups in total. The third kappa shape index (κ3) is 3.82. The summed E-state index contributed by atoms with van der Waals surface area (Å²) in [6.07, 6.45) is 0.869. The summed E-state index contributed by atoms with van der Waals surface area (Å²) in [5.74, 6) is -1.33. The first-order valence-corrected chi connectivity index (χ1v) is 13.0. The lowest BCUT2D eigenvalue weighted by molar-refractivity contribution is -0.176. The maximum absolute atomic E-state index is 13.3. The zero-order valence-electron chi connectivity index (χ0n) is 21.2. The lowest BCUT2D eigenvalue weighted by atomic mass is 9.45. The maximum atomic E-state index is 13.3. The molecule has 11 atom stereocenters. The van der Waals surface area contributed by atoms with Crippen molar-refractivity contribution in [1.29, 1.82) is 0 Å². The summed E-state index contributed by atoms with van der Waals surface area (Å²) in [5.41, 5.74) is -3.04. The molecule has 0 aromatic heterocycles. The van der Waals surface area contributed by atoms with Crippen molar-refractivity contribution >= 4 is 5.78 Å². The Morgan fingerprint density at radius 1 is 1.12 bits per heavy atom. The fraction of sp³-hybridized carbons (Fsp3) is 0.889. The number of carbonyl (C=O) groups excluding carboxylic acids is 1. The summed E-state index contributed by atoms with van der Waals surface area (Å²) in [5, 5.41) is 65.4. The molecular formula is C27H44O7. The van der Waals surface area contributed by atoms with Gasteiger partial charge in [0.15, 0.2) is 5.78 Å². The quantitative estimate of drug-likeness (QED) is 0.352. The van der Waals surface area contributed by atoms with Crippen LogP contribution in [0.15, 0.2) is 11.6 Å². The summed E-state index contributed by atoms with van der Waals surface area (Å²) in [6, 6.07) is 0. The van der Waals surface area contributed by atoms with E-state index in [0.29, 0.717) is 37.7 Å². The van der Waals surface area contributed by atoms with Gasteiger partial charge in [0.1, 0.15) is 0 Å². The average molecular weight is 481 g/mol. The average Bonchev–Trinajstić information content (AvgIpc) is 2.98. The van der Waals surface area contributed by atoms with Crippen LogP contribution in [0.2, 0.25) is 0 Å². The molecule has 0 amide bonds. The first-order valence-electron chi connectivity index (χ1n) is 13.0. The number of ketones is 1. The van der Waals surface area contributed by atoms with Crippen molar-refractivity contribution in [1.82, 2.24) is 0 Å². The van der Waals surface area contributed by atoms with E-state index in [-0.39, 0.29) is 30.5 Å². The van der Waals surface area contributed by atoms with E-state index in [4.69, 9.17) is 0 Å². The SMILES string of the molecule is C[C@H]([C@H](O)CCC(C)(C)O)[C@H]1CC[C@@]2(O)C3=CC(=O)[C@@H]4C[C@@H](O)[C@@H](O)C[C@]4(C)[C@@H]3[C@H](O)C[C@]12C. The Balaban J connectivity index is 1.67. The highest BCUT2D eigenvalue weighted by Gasteiger charge is 2.69. The van der Waals surface area contributed by atoms with Gasteiger partial charge in [-0.1, -0.05) is 20.8 Å². The standard InChI is InChI=1S/C27H44O7/c1-14(18(28)7-8-24(2,3)33)15-6-9-27(34)17-11-19(29)16-10-20(30)21(31)12-25(16,4)23(17)22(32)13-26(15,27)5/h11,14-16,18,20-23,28,30-34H,6-10,12-13H2,1-5H3/t14-,15+,16-,18+,20+,21-,22+,23-,25-,26+,27+/m0/s1. The number of carbonyl (C=O) groups is 1. The normalized spacial score (nSPS) is 48.4. The Hall–Kier alpha value is -0.830. The largest absolute Gasteiger partial charge is 0.393 e. The van der Waals surface area contributed by atoms with Crippen LogP contribution in [0.4, 0.5) is 0 Å². The molecule has 3 fully saturated rings. The molecule has 3 saturated carbocycles. The molecule has 0 radical (unpaired) electrons. The zero-order valence-corrected chi connectivity index (χ0v) is 21.2. The third-order valence-corrected chi connectivity index (χ3v) is 10.4. The molecule has 0 aromatic rings. The van der Waals surface area contributed by atoms with Gasteiger partial charge in [-0.3, -0.25) is 4.79 Å². The van der Waals surface area contributed by atoms with Gasteiger partial charge in [-0.15, -0.1) is 0 Å². The van der Waals surface area contributed by atoms with Gasteiger partial charge in [-0.2, -0.15) is 0 Å². The summed E-state index contributed by atoms with van der Waals surface area (Å²) in [6.45, 7) is 9.31. The van der Waals surface area contributed by atoms with Gasteiger partial charge in [0, 0.05) is 17.3 Å². The highest BCUT2D eigenvalue weighted by atomic mass is 16.3. The minimum Gasteiger partial charge on any atom is -0.393 e. The molecule has 0 aliphatic heterocycles. The van der Waals surface area contributed by atoms with E-state index in [0.717, 1.165) is 0 Å². The van der Waals surface area contributed by atoms with E-state index in [1.165, 1.54) is 6.08 Å². The Morgan fingerprint density at radius 3 is 2.38 bits per heavy atom. The van der Waals surface area contributed by atoms with Gasteiger partial charge in [-0.05, 0) is 87.7 Å². The Kier molecular flexibility index (Phi) is 6.45. The molecule has 0 bridgehead atoms. The van der Waals surface area contributed by atoms with Gasteiger partial charge >= 0.3 is 0 Å². The second-order valence-corrected chi connectivity index (χ2v) is 13.1. The lowest BCUT2D eigenvalue weighted by Gasteiger charge is -2.61. The molecule has 4 aliphatic rings. The predicted molar refractivity (Wildman–Crippen MR) is 127 cm³/mol. The van der Waals surface area contributed by atoms with Gasteiger partial charge in [0.2, 0.25) is 0 Å². The van der Waals surface area contributed by atoms with E-state index < -0.39 is 58.3 Å². The molecule has 7 nitrogen and oxygen atoms in total. The monoisotopic (exact) mass is 480 g/mol. The smallest absolute Gasteiger partial charge is 0.159 e. The van der Waals surface area contributed by atoms with E-state index in [9.17, 15) is 35.4 Å². The Bertz CT molecular complexity index is 848. The number of rotatable bonds is 5. The molecule has 4 rings (SSSR count). The highest BCUT2D eigenvalue weighted by Crippen LogP contribution is 2.68. The van der Waals surface area contributed by atoms with Crippen molar-refractivity contribution in [3.8, 4) is 0 Å². The van der Waals surface area contributed by atoms with Crippen LogP contribution in [0.1, 0.15) is 79.6 Å². The topological polar surface area (TPSA) is 138 Å². The molecule has 34 heavy (non-hydrogen) atoms. The van der Waals surface area contributed by atoms with E-state index >= 15 is 0 Å². The van der Waals surface area contributed by atoms with Crippen molar-refractivity contribution in [3.05, 3.63) is 11.6 Å². The minimum absolute atomic E-state index is 0.0646. The fourth-order valence-corrected chi connectivity index (χ4v) is 8.40. The number of aliphatic hydroxyl groups is 6. The second kappa shape index (κ2) is 8.35. The zero-order chi connectivity index (χ0) is 25.4. The van der Waals surface area contributed by atoms with Crippen LogP contribution < -0.4 is 0 Å². The van der Waals surface area contributed by atoms with Crippen LogP contribution in [0.5, 0.6) is 0 Å². The molecule has 4 aliphatic carbocycles. The Labute approximate surface area is 202 Å². The van der Waals surface area contributed by atoms with Crippen LogP contribution in [0.25, 0.3) is 0 Å². The molecule has 0 spiro atoms.